The van der Waals surface area contributed by atoms with Crippen LogP contribution in [0.3, 0.4) is 0 Å². The molecular formula is C14H10N2O2. The molecule has 4 nitrogen and oxygen atoms in total. The van der Waals surface area contributed by atoms with Crippen LogP contribution in [0.2, 0.25) is 0 Å². The van der Waals surface area contributed by atoms with Gasteiger partial charge < -0.3 is 10.4 Å². The molecule has 88 valence electrons. The van der Waals surface area contributed by atoms with E-state index in [2.05, 4.69) is 16.2 Å². The zero-order valence-corrected chi connectivity index (χ0v) is 9.42. The highest BCUT2D eigenvalue weighted by molar-refractivity contribution is 5.85. The highest BCUT2D eigenvalue weighted by Gasteiger charge is 2.05. The minimum absolute atomic E-state index is 0.00638. The van der Waals surface area contributed by atoms with E-state index >= 15 is 0 Å². The molecule has 0 unspecified atom stereocenters. The van der Waals surface area contributed by atoms with Crippen LogP contribution < -0.4 is 5.32 Å². The van der Waals surface area contributed by atoms with Crippen molar-refractivity contribution in [3.8, 4) is 12.3 Å². The molecule has 0 aliphatic rings. The molecule has 2 rings (SSSR count). The van der Waals surface area contributed by atoms with Gasteiger partial charge in [0.2, 0.25) is 0 Å². The van der Waals surface area contributed by atoms with Gasteiger partial charge in [0.15, 0.2) is 5.69 Å². The van der Waals surface area contributed by atoms with Gasteiger partial charge in [-0.15, -0.1) is 6.42 Å². The molecule has 4 heteroatoms. The average molecular weight is 238 g/mol. The van der Waals surface area contributed by atoms with Crippen molar-refractivity contribution in [2.24, 2.45) is 0 Å². The molecule has 0 atom stereocenters. The van der Waals surface area contributed by atoms with E-state index in [1.165, 1.54) is 6.07 Å². The van der Waals surface area contributed by atoms with Crippen molar-refractivity contribution in [1.29, 1.82) is 0 Å². The Morgan fingerprint density at radius 3 is 2.78 bits per heavy atom. The maximum absolute atomic E-state index is 10.8. The molecule has 0 fully saturated rings. The quantitative estimate of drug-likeness (QED) is 0.806. The van der Waals surface area contributed by atoms with Crippen molar-refractivity contribution in [1.82, 2.24) is 4.98 Å². The van der Waals surface area contributed by atoms with Crippen LogP contribution in [-0.4, -0.2) is 16.1 Å². The molecule has 0 aliphatic heterocycles. The fraction of sp³-hybridized carbons (Fsp3) is 0. The third kappa shape index (κ3) is 2.66. The summed E-state index contributed by atoms with van der Waals surface area (Å²) in [5.41, 5.74) is 1.50. The van der Waals surface area contributed by atoms with Gasteiger partial charge in [-0.2, -0.15) is 0 Å². The van der Waals surface area contributed by atoms with Crippen molar-refractivity contribution in [3.05, 3.63) is 53.7 Å². The lowest BCUT2D eigenvalue weighted by atomic mass is 10.2. The maximum Gasteiger partial charge on any atom is 0.354 e. The molecule has 0 aliphatic carbocycles. The number of aromatic nitrogens is 1. The Kier molecular flexibility index (Phi) is 3.26. The molecule has 0 radical (unpaired) electrons. The van der Waals surface area contributed by atoms with Crippen LogP contribution in [0.4, 0.5) is 11.5 Å². The monoisotopic (exact) mass is 238 g/mol. The maximum atomic E-state index is 10.8. The molecule has 1 aromatic heterocycles. The number of aromatic carboxylic acids is 1. The highest BCUT2D eigenvalue weighted by Crippen LogP contribution is 2.16. The van der Waals surface area contributed by atoms with E-state index in [0.29, 0.717) is 5.82 Å². The molecule has 1 heterocycles. The van der Waals surface area contributed by atoms with Crippen molar-refractivity contribution in [3.63, 3.8) is 0 Å². The summed E-state index contributed by atoms with van der Waals surface area (Å²) in [4.78, 5) is 14.7. The summed E-state index contributed by atoms with van der Waals surface area (Å²) in [5, 5.41) is 11.8. The summed E-state index contributed by atoms with van der Waals surface area (Å²) in [6.45, 7) is 0. The van der Waals surface area contributed by atoms with Crippen LogP contribution in [0.25, 0.3) is 0 Å². The van der Waals surface area contributed by atoms with Gasteiger partial charge in [0.25, 0.3) is 0 Å². The SMILES string of the molecule is C#Cc1cccc(Nc2cccc(C(=O)O)n2)c1. The van der Waals surface area contributed by atoms with E-state index in [9.17, 15) is 4.79 Å². The van der Waals surface area contributed by atoms with Gasteiger partial charge in [0.05, 0.1) is 0 Å². The second-order valence-corrected chi connectivity index (χ2v) is 3.56. The lowest BCUT2D eigenvalue weighted by Gasteiger charge is -2.06. The Balaban J connectivity index is 2.26. The summed E-state index contributed by atoms with van der Waals surface area (Å²) in [5.74, 6) is 1.93. The predicted molar refractivity (Wildman–Crippen MR) is 68.9 cm³/mol. The molecule has 2 aromatic rings. The Bertz CT molecular complexity index is 630. The fourth-order valence-electron chi connectivity index (χ4n) is 1.46. The molecule has 2 N–H and O–H groups in total. The van der Waals surface area contributed by atoms with Crippen LogP contribution in [0.5, 0.6) is 0 Å². The highest BCUT2D eigenvalue weighted by atomic mass is 16.4. The number of benzene rings is 1. The van der Waals surface area contributed by atoms with Gasteiger partial charge in [-0.3, -0.25) is 0 Å². The Morgan fingerprint density at radius 1 is 1.28 bits per heavy atom. The topological polar surface area (TPSA) is 62.2 Å². The number of carboxylic acid groups (broad SMARTS) is 1. The van der Waals surface area contributed by atoms with Gasteiger partial charge >= 0.3 is 5.97 Å². The molecule has 0 amide bonds. The molecule has 18 heavy (non-hydrogen) atoms. The van der Waals surface area contributed by atoms with E-state index in [0.717, 1.165) is 11.3 Å². The number of nitrogens with one attached hydrogen (secondary N) is 1. The van der Waals surface area contributed by atoms with Crippen LogP contribution in [0.15, 0.2) is 42.5 Å². The van der Waals surface area contributed by atoms with Crippen molar-refractivity contribution >= 4 is 17.5 Å². The fourth-order valence-corrected chi connectivity index (χ4v) is 1.46. The third-order valence-corrected chi connectivity index (χ3v) is 2.27. The van der Waals surface area contributed by atoms with Gasteiger partial charge in [-0.05, 0) is 30.3 Å². The summed E-state index contributed by atoms with van der Waals surface area (Å²) in [6.07, 6.45) is 5.30. The van der Waals surface area contributed by atoms with Crippen LogP contribution >= 0.6 is 0 Å². The summed E-state index contributed by atoms with van der Waals surface area (Å²) in [7, 11) is 0. The molecule has 0 saturated heterocycles. The Labute approximate surface area is 104 Å². The molecular weight excluding hydrogens is 228 g/mol. The number of rotatable bonds is 3. The first kappa shape index (κ1) is 11.7. The first-order valence-electron chi connectivity index (χ1n) is 5.23. The number of nitrogens with zero attached hydrogens (tertiary/aromatic N) is 1. The van der Waals surface area contributed by atoms with E-state index in [-0.39, 0.29) is 5.69 Å². The summed E-state index contributed by atoms with van der Waals surface area (Å²) < 4.78 is 0. The Morgan fingerprint density at radius 2 is 2.06 bits per heavy atom. The van der Waals surface area contributed by atoms with Crippen LogP contribution in [0.1, 0.15) is 16.1 Å². The smallest absolute Gasteiger partial charge is 0.354 e. The van der Waals surface area contributed by atoms with Crippen molar-refractivity contribution in [2.45, 2.75) is 0 Å². The second kappa shape index (κ2) is 5.02. The van der Waals surface area contributed by atoms with E-state index in [4.69, 9.17) is 11.5 Å². The van der Waals surface area contributed by atoms with E-state index in [1.54, 1.807) is 18.2 Å². The number of anilines is 2. The average Bonchev–Trinajstić information content (AvgIpc) is 2.39. The van der Waals surface area contributed by atoms with Gasteiger partial charge in [0, 0.05) is 11.3 Å². The number of carbonyl (C=O) groups is 1. The number of hydrogen-bond donors (Lipinski definition) is 2. The minimum atomic E-state index is -1.06. The van der Waals surface area contributed by atoms with Gasteiger partial charge in [-0.1, -0.05) is 18.1 Å². The van der Waals surface area contributed by atoms with Gasteiger partial charge in [0.1, 0.15) is 5.82 Å². The van der Waals surface area contributed by atoms with Crippen LogP contribution in [0, 0.1) is 12.3 Å². The molecule has 0 bridgehead atoms. The summed E-state index contributed by atoms with van der Waals surface area (Å²) in [6, 6.07) is 12.0. The van der Waals surface area contributed by atoms with Crippen LogP contribution in [-0.2, 0) is 0 Å². The standard InChI is InChI=1S/C14H10N2O2/c1-2-10-5-3-6-11(9-10)15-13-8-4-7-12(16-13)14(17)18/h1,3-9H,(H,15,16)(H,17,18). The number of terminal acetylenes is 1. The predicted octanol–water partition coefficient (Wildman–Crippen LogP) is 2.50. The number of pyridine rings is 1. The van der Waals surface area contributed by atoms with Crippen molar-refractivity contribution in [2.75, 3.05) is 5.32 Å². The first-order valence-corrected chi connectivity index (χ1v) is 5.23. The zero-order chi connectivity index (χ0) is 13.0. The van der Waals surface area contributed by atoms with E-state index < -0.39 is 5.97 Å². The van der Waals surface area contributed by atoms with Gasteiger partial charge in [-0.25, -0.2) is 9.78 Å². The zero-order valence-electron chi connectivity index (χ0n) is 9.42. The first-order chi connectivity index (χ1) is 8.69. The molecule has 0 spiro atoms. The number of carboxylic acids is 1. The lowest BCUT2D eigenvalue weighted by Crippen LogP contribution is -2.02. The Hall–Kier alpha value is -2.80. The number of hydrogen-bond acceptors (Lipinski definition) is 3. The lowest BCUT2D eigenvalue weighted by molar-refractivity contribution is 0.0690. The van der Waals surface area contributed by atoms with E-state index in [1.807, 2.05) is 18.2 Å². The summed E-state index contributed by atoms with van der Waals surface area (Å²) >= 11 is 0. The second-order valence-electron chi connectivity index (χ2n) is 3.56. The normalized spacial score (nSPS) is 9.50. The largest absolute Gasteiger partial charge is 0.477 e. The molecule has 0 saturated carbocycles. The molecule has 1 aromatic carbocycles. The third-order valence-electron chi connectivity index (χ3n) is 2.27. The van der Waals surface area contributed by atoms with Crippen molar-refractivity contribution < 1.29 is 9.90 Å². The minimum Gasteiger partial charge on any atom is -0.477 e.